The average molecular weight is 402 g/mol. The Kier molecular flexibility index (Phi) is 6.09. The van der Waals surface area contributed by atoms with Gasteiger partial charge < -0.3 is 4.42 Å². The number of hydrogen-bond donors (Lipinski definition) is 0. The summed E-state index contributed by atoms with van der Waals surface area (Å²) in [5.41, 5.74) is 0. The topological polar surface area (TPSA) is 60.9 Å². The standard InChI is InChI=1S/C20H23N3O2S2/c24-16(18-11-6-13-26-18)9-5-14-27-20-22-21-19(17-10-4-12-25-17)23(20)15-7-2-1-3-8-15/h4,6,10-13,15H,1-3,5,7-9,14H2. The summed E-state index contributed by atoms with van der Waals surface area (Å²) >= 11 is 3.21. The van der Waals surface area contributed by atoms with Crippen molar-refractivity contribution in [1.82, 2.24) is 14.8 Å². The van der Waals surface area contributed by atoms with Gasteiger partial charge in [0.05, 0.1) is 11.1 Å². The fourth-order valence-electron chi connectivity index (χ4n) is 3.57. The molecule has 0 radical (unpaired) electrons. The molecule has 1 aliphatic rings. The highest BCUT2D eigenvalue weighted by Gasteiger charge is 2.24. The third kappa shape index (κ3) is 4.35. The predicted octanol–water partition coefficient (Wildman–Crippen LogP) is 5.86. The Balaban J connectivity index is 1.43. The molecule has 1 fully saturated rings. The molecule has 0 amide bonds. The number of thiophene rings is 1. The summed E-state index contributed by atoms with van der Waals surface area (Å²) in [6, 6.07) is 8.09. The minimum atomic E-state index is 0.232. The fourth-order valence-corrected chi connectivity index (χ4v) is 5.21. The van der Waals surface area contributed by atoms with Crippen molar-refractivity contribution in [2.75, 3.05) is 5.75 Å². The molecule has 5 nitrogen and oxygen atoms in total. The highest BCUT2D eigenvalue weighted by atomic mass is 32.2. The molecule has 3 aromatic heterocycles. The molecule has 7 heteroatoms. The first-order valence-electron chi connectivity index (χ1n) is 9.51. The Morgan fingerprint density at radius 2 is 2.11 bits per heavy atom. The van der Waals surface area contributed by atoms with Crippen LogP contribution in [0.5, 0.6) is 0 Å². The molecule has 4 rings (SSSR count). The second-order valence-corrected chi connectivity index (χ2v) is 8.81. The fraction of sp³-hybridized carbons (Fsp3) is 0.450. The van der Waals surface area contributed by atoms with Gasteiger partial charge in [-0.15, -0.1) is 21.5 Å². The van der Waals surface area contributed by atoms with E-state index in [1.807, 2.05) is 29.6 Å². The van der Waals surface area contributed by atoms with Crippen molar-refractivity contribution >= 4 is 28.9 Å². The quantitative estimate of drug-likeness (QED) is 0.269. The average Bonchev–Trinajstić information content (AvgIpc) is 3.47. The van der Waals surface area contributed by atoms with Gasteiger partial charge in [0, 0.05) is 18.2 Å². The summed E-state index contributed by atoms with van der Waals surface area (Å²) in [6.45, 7) is 0. The monoisotopic (exact) mass is 401 g/mol. The van der Waals surface area contributed by atoms with Gasteiger partial charge in [0.2, 0.25) is 5.82 Å². The van der Waals surface area contributed by atoms with Crippen LogP contribution in [0.1, 0.15) is 60.7 Å². The molecule has 0 aromatic carbocycles. The first-order chi connectivity index (χ1) is 13.3. The summed E-state index contributed by atoms with van der Waals surface area (Å²) in [6.07, 6.45) is 9.23. The molecule has 142 valence electrons. The largest absolute Gasteiger partial charge is 0.461 e. The van der Waals surface area contributed by atoms with Gasteiger partial charge in [-0.05, 0) is 42.8 Å². The van der Waals surface area contributed by atoms with E-state index in [0.29, 0.717) is 12.5 Å². The van der Waals surface area contributed by atoms with Crippen molar-refractivity contribution in [3.05, 3.63) is 40.8 Å². The molecule has 0 bridgehead atoms. The first-order valence-corrected chi connectivity index (χ1v) is 11.4. The normalized spacial score (nSPS) is 15.3. The molecule has 0 saturated heterocycles. The molecule has 1 aliphatic carbocycles. The number of rotatable bonds is 8. The SMILES string of the molecule is O=C(CCCSc1nnc(-c2ccco2)n1C1CCCCC1)c1cccs1. The third-order valence-corrected chi connectivity index (χ3v) is 6.86. The van der Waals surface area contributed by atoms with Crippen LogP contribution in [-0.2, 0) is 0 Å². The van der Waals surface area contributed by atoms with E-state index < -0.39 is 0 Å². The Morgan fingerprint density at radius 3 is 2.85 bits per heavy atom. The van der Waals surface area contributed by atoms with Crippen molar-refractivity contribution in [3.63, 3.8) is 0 Å². The summed E-state index contributed by atoms with van der Waals surface area (Å²) in [7, 11) is 0. The molecular weight excluding hydrogens is 378 g/mol. The van der Waals surface area contributed by atoms with Gasteiger partial charge in [0.1, 0.15) is 0 Å². The van der Waals surface area contributed by atoms with Gasteiger partial charge >= 0.3 is 0 Å². The number of Topliss-reactive ketones (excluding diaryl/α,β-unsaturated/α-hetero) is 1. The van der Waals surface area contributed by atoms with Crippen molar-refractivity contribution in [2.24, 2.45) is 0 Å². The van der Waals surface area contributed by atoms with Crippen LogP contribution >= 0.6 is 23.1 Å². The van der Waals surface area contributed by atoms with Crippen molar-refractivity contribution in [2.45, 2.75) is 56.1 Å². The van der Waals surface area contributed by atoms with Gasteiger partial charge in [-0.1, -0.05) is 37.1 Å². The smallest absolute Gasteiger partial charge is 0.200 e. The predicted molar refractivity (Wildman–Crippen MR) is 108 cm³/mol. The minimum Gasteiger partial charge on any atom is -0.461 e. The van der Waals surface area contributed by atoms with E-state index in [1.54, 1.807) is 18.0 Å². The zero-order chi connectivity index (χ0) is 18.5. The van der Waals surface area contributed by atoms with Crippen LogP contribution in [0.25, 0.3) is 11.6 Å². The van der Waals surface area contributed by atoms with Crippen LogP contribution in [0, 0.1) is 0 Å². The van der Waals surface area contributed by atoms with E-state index >= 15 is 0 Å². The van der Waals surface area contributed by atoms with Crippen LogP contribution in [-0.4, -0.2) is 26.3 Å². The zero-order valence-corrected chi connectivity index (χ0v) is 16.8. The molecule has 3 aromatic rings. The maximum atomic E-state index is 12.1. The van der Waals surface area contributed by atoms with Gasteiger partial charge in [-0.2, -0.15) is 0 Å². The minimum absolute atomic E-state index is 0.232. The molecule has 0 unspecified atom stereocenters. The molecule has 0 atom stereocenters. The van der Waals surface area contributed by atoms with E-state index in [2.05, 4.69) is 14.8 Å². The first kappa shape index (κ1) is 18.5. The lowest BCUT2D eigenvalue weighted by Gasteiger charge is -2.25. The lowest BCUT2D eigenvalue weighted by molar-refractivity contribution is 0.0986. The van der Waals surface area contributed by atoms with E-state index in [9.17, 15) is 4.79 Å². The van der Waals surface area contributed by atoms with Crippen LogP contribution in [0.2, 0.25) is 0 Å². The summed E-state index contributed by atoms with van der Waals surface area (Å²) < 4.78 is 7.85. The summed E-state index contributed by atoms with van der Waals surface area (Å²) in [4.78, 5) is 13.0. The maximum absolute atomic E-state index is 12.1. The number of thioether (sulfide) groups is 1. The van der Waals surface area contributed by atoms with Crippen LogP contribution < -0.4 is 0 Å². The second-order valence-electron chi connectivity index (χ2n) is 6.80. The van der Waals surface area contributed by atoms with Gasteiger partial charge in [0.25, 0.3) is 0 Å². The zero-order valence-electron chi connectivity index (χ0n) is 15.2. The Bertz CT molecular complexity index is 850. The number of nitrogens with zero attached hydrogens (tertiary/aromatic N) is 3. The van der Waals surface area contributed by atoms with Crippen LogP contribution in [0.3, 0.4) is 0 Å². The number of ketones is 1. The van der Waals surface area contributed by atoms with Crippen LogP contribution in [0.15, 0.2) is 45.5 Å². The van der Waals surface area contributed by atoms with E-state index in [0.717, 1.165) is 46.6 Å². The van der Waals surface area contributed by atoms with Crippen molar-refractivity contribution in [3.8, 4) is 11.6 Å². The summed E-state index contributed by atoms with van der Waals surface area (Å²) in [5.74, 6) is 2.69. The summed E-state index contributed by atoms with van der Waals surface area (Å²) in [5, 5.41) is 11.8. The van der Waals surface area contributed by atoms with E-state index in [1.165, 1.54) is 30.6 Å². The second kappa shape index (κ2) is 8.89. The van der Waals surface area contributed by atoms with Gasteiger partial charge in [-0.25, -0.2) is 0 Å². The van der Waals surface area contributed by atoms with E-state index in [4.69, 9.17) is 4.42 Å². The molecule has 1 saturated carbocycles. The lowest BCUT2D eigenvalue weighted by Crippen LogP contribution is -2.15. The van der Waals surface area contributed by atoms with Crippen LogP contribution in [0.4, 0.5) is 0 Å². The van der Waals surface area contributed by atoms with Gasteiger partial charge in [0.15, 0.2) is 16.7 Å². The molecule has 0 spiro atoms. The number of carbonyl (C=O) groups is 1. The molecule has 0 N–H and O–H groups in total. The van der Waals surface area contributed by atoms with Crippen molar-refractivity contribution in [1.29, 1.82) is 0 Å². The number of hydrogen-bond acceptors (Lipinski definition) is 6. The van der Waals surface area contributed by atoms with Gasteiger partial charge in [-0.3, -0.25) is 9.36 Å². The van der Waals surface area contributed by atoms with E-state index in [-0.39, 0.29) is 5.78 Å². The number of carbonyl (C=O) groups excluding carboxylic acids is 1. The Morgan fingerprint density at radius 1 is 1.22 bits per heavy atom. The highest BCUT2D eigenvalue weighted by Crippen LogP contribution is 2.35. The maximum Gasteiger partial charge on any atom is 0.200 e. The molecule has 3 heterocycles. The Hall–Kier alpha value is -1.86. The lowest BCUT2D eigenvalue weighted by atomic mass is 9.95. The Labute approximate surface area is 167 Å². The number of aromatic nitrogens is 3. The molecule has 27 heavy (non-hydrogen) atoms. The van der Waals surface area contributed by atoms with Crippen molar-refractivity contribution < 1.29 is 9.21 Å². The molecule has 0 aliphatic heterocycles. The highest BCUT2D eigenvalue weighted by molar-refractivity contribution is 7.99. The number of furan rings is 1. The molecular formula is C20H23N3O2S2. The third-order valence-electron chi connectivity index (χ3n) is 4.92.